The predicted molar refractivity (Wildman–Crippen MR) is 100 cm³/mol. The number of halogens is 2. The minimum Gasteiger partial charge on any atom is -0.274 e. The molecule has 4 aromatic rings. The van der Waals surface area contributed by atoms with Gasteiger partial charge in [-0.25, -0.2) is 0 Å². The minimum atomic E-state index is 0.660. The fourth-order valence-corrected chi connectivity index (χ4v) is 2.82. The molecular weight excluding hydrogens is 355 g/mol. The van der Waals surface area contributed by atoms with Crippen LogP contribution in [0.15, 0.2) is 72.9 Å². The highest BCUT2D eigenvalue weighted by molar-refractivity contribution is 6.30. The van der Waals surface area contributed by atoms with Crippen LogP contribution < -0.4 is 0 Å². The number of benzene rings is 2. The third kappa shape index (κ3) is 3.14. The normalized spacial score (nSPS) is 10.8. The van der Waals surface area contributed by atoms with Gasteiger partial charge in [-0.05, 0) is 60.7 Å². The molecule has 122 valence electrons. The van der Waals surface area contributed by atoms with E-state index in [-0.39, 0.29) is 0 Å². The van der Waals surface area contributed by atoms with E-state index in [2.05, 4.69) is 15.2 Å². The summed E-state index contributed by atoms with van der Waals surface area (Å²) in [5, 5.41) is 10.1. The molecule has 2 aromatic heterocycles. The zero-order valence-electron chi connectivity index (χ0n) is 13.0. The second kappa shape index (κ2) is 6.67. The van der Waals surface area contributed by atoms with Crippen molar-refractivity contribution in [2.45, 2.75) is 0 Å². The van der Waals surface area contributed by atoms with Gasteiger partial charge in [0, 0.05) is 27.5 Å². The van der Waals surface area contributed by atoms with Gasteiger partial charge in [-0.2, -0.15) is 0 Å². The average molecular weight is 367 g/mol. The fraction of sp³-hybridized carbons (Fsp3) is 0. The van der Waals surface area contributed by atoms with Crippen LogP contribution in [0.3, 0.4) is 0 Å². The number of hydrogen-bond donors (Lipinski definition) is 0. The first-order valence-corrected chi connectivity index (χ1v) is 8.37. The summed E-state index contributed by atoms with van der Waals surface area (Å²) in [5.41, 5.74) is 2.55. The first kappa shape index (κ1) is 15.8. The Hall–Kier alpha value is -2.69. The first-order chi connectivity index (χ1) is 12.2. The van der Waals surface area contributed by atoms with Crippen LogP contribution in [0.2, 0.25) is 10.0 Å². The molecule has 0 saturated heterocycles. The molecule has 0 saturated carbocycles. The topological polar surface area (TPSA) is 43.6 Å². The highest BCUT2D eigenvalue weighted by Gasteiger charge is 2.17. The minimum absolute atomic E-state index is 0.660. The summed E-state index contributed by atoms with van der Waals surface area (Å²) in [6.07, 6.45) is 1.73. The highest BCUT2D eigenvalue weighted by Crippen LogP contribution is 2.28. The molecule has 0 fully saturated rings. The lowest BCUT2D eigenvalue weighted by Gasteiger charge is -2.10. The number of pyridine rings is 1. The lowest BCUT2D eigenvalue weighted by atomic mass is 10.2. The standard InChI is InChI=1S/C19H12Cl2N4/c20-14-6-4-13(5-7-14)18-23-24-19(17-3-1-2-12-22-17)25(18)16-10-8-15(21)9-11-16/h1-12H. The van der Waals surface area contributed by atoms with Crippen LogP contribution in [-0.2, 0) is 0 Å². The molecule has 2 heterocycles. The van der Waals surface area contributed by atoms with E-state index in [1.165, 1.54) is 0 Å². The highest BCUT2D eigenvalue weighted by atomic mass is 35.5. The zero-order valence-corrected chi connectivity index (χ0v) is 14.5. The lowest BCUT2D eigenvalue weighted by molar-refractivity contribution is 1.06. The fourth-order valence-electron chi connectivity index (χ4n) is 2.57. The Balaban J connectivity index is 1.94. The van der Waals surface area contributed by atoms with Crippen molar-refractivity contribution in [1.29, 1.82) is 0 Å². The van der Waals surface area contributed by atoms with E-state index in [0.717, 1.165) is 16.9 Å². The van der Waals surface area contributed by atoms with E-state index >= 15 is 0 Å². The number of nitrogens with zero attached hydrogens (tertiary/aromatic N) is 4. The Morgan fingerprint density at radius 2 is 1.32 bits per heavy atom. The molecule has 25 heavy (non-hydrogen) atoms. The number of aromatic nitrogens is 4. The largest absolute Gasteiger partial charge is 0.274 e. The number of rotatable bonds is 3. The molecule has 0 aliphatic carbocycles. The first-order valence-electron chi connectivity index (χ1n) is 7.61. The quantitative estimate of drug-likeness (QED) is 0.493. The Morgan fingerprint density at radius 3 is 1.96 bits per heavy atom. The summed E-state index contributed by atoms with van der Waals surface area (Å²) >= 11 is 12.0. The molecule has 0 bridgehead atoms. The van der Waals surface area contributed by atoms with E-state index in [0.29, 0.717) is 21.7 Å². The molecule has 0 spiro atoms. The lowest BCUT2D eigenvalue weighted by Crippen LogP contribution is -2.01. The van der Waals surface area contributed by atoms with Gasteiger partial charge in [0.05, 0.1) is 0 Å². The summed E-state index contributed by atoms with van der Waals surface area (Å²) in [5.74, 6) is 1.37. The van der Waals surface area contributed by atoms with Crippen LogP contribution in [0.1, 0.15) is 0 Å². The summed E-state index contributed by atoms with van der Waals surface area (Å²) in [4.78, 5) is 4.40. The van der Waals surface area contributed by atoms with E-state index in [9.17, 15) is 0 Å². The van der Waals surface area contributed by atoms with E-state index in [1.54, 1.807) is 6.20 Å². The summed E-state index contributed by atoms with van der Waals surface area (Å²) < 4.78 is 1.96. The third-order valence-corrected chi connectivity index (χ3v) is 4.25. The molecule has 4 rings (SSSR count). The van der Waals surface area contributed by atoms with Gasteiger partial charge in [0.2, 0.25) is 0 Å². The van der Waals surface area contributed by atoms with E-state index < -0.39 is 0 Å². The van der Waals surface area contributed by atoms with Crippen molar-refractivity contribution < 1.29 is 0 Å². The predicted octanol–water partition coefficient (Wildman–Crippen LogP) is 5.30. The Bertz CT molecular complexity index is 994. The second-order valence-electron chi connectivity index (χ2n) is 5.38. The van der Waals surface area contributed by atoms with Crippen LogP contribution in [0.4, 0.5) is 0 Å². The van der Waals surface area contributed by atoms with Gasteiger partial charge in [0.1, 0.15) is 5.69 Å². The Kier molecular flexibility index (Phi) is 4.22. The molecule has 0 radical (unpaired) electrons. The molecular formula is C19H12Cl2N4. The Morgan fingerprint density at radius 1 is 0.680 bits per heavy atom. The third-order valence-electron chi connectivity index (χ3n) is 3.74. The molecule has 0 aliphatic rings. The van der Waals surface area contributed by atoms with Crippen LogP contribution in [0.25, 0.3) is 28.6 Å². The molecule has 0 amide bonds. The van der Waals surface area contributed by atoms with Crippen molar-refractivity contribution in [2.75, 3.05) is 0 Å². The van der Waals surface area contributed by atoms with Crippen molar-refractivity contribution in [1.82, 2.24) is 19.7 Å². The van der Waals surface area contributed by atoms with Gasteiger partial charge in [0.25, 0.3) is 0 Å². The van der Waals surface area contributed by atoms with E-state index in [1.807, 2.05) is 71.3 Å². The molecule has 0 aliphatic heterocycles. The maximum absolute atomic E-state index is 6.04. The van der Waals surface area contributed by atoms with Crippen molar-refractivity contribution in [3.05, 3.63) is 83.0 Å². The van der Waals surface area contributed by atoms with Gasteiger partial charge in [0.15, 0.2) is 11.6 Å². The number of hydrogen-bond acceptors (Lipinski definition) is 3. The molecule has 2 aromatic carbocycles. The van der Waals surface area contributed by atoms with Gasteiger partial charge in [-0.1, -0.05) is 29.3 Å². The zero-order chi connectivity index (χ0) is 17.2. The molecule has 0 N–H and O–H groups in total. The molecule has 0 unspecified atom stereocenters. The molecule has 6 heteroatoms. The van der Waals surface area contributed by atoms with Gasteiger partial charge < -0.3 is 0 Å². The van der Waals surface area contributed by atoms with Crippen LogP contribution >= 0.6 is 23.2 Å². The molecule has 0 atom stereocenters. The van der Waals surface area contributed by atoms with Crippen molar-refractivity contribution >= 4 is 23.2 Å². The van der Waals surface area contributed by atoms with Crippen LogP contribution in [-0.4, -0.2) is 19.7 Å². The van der Waals surface area contributed by atoms with Gasteiger partial charge in [-0.3, -0.25) is 9.55 Å². The Labute approximate surface area is 154 Å². The summed E-state index contributed by atoms with van der Waals surface area (Å²) in [7, 11) is 0. The second-order valence-corrected chi connectivity index (χ2v) is 6.25. The smallest absolute Gasteiger partial charge is 0.187 e. The average Bonchev–Trinajstić information content (AvgIpc) is 3.09. The monoisotopic (exact) mass is 366 g/mol. The SMILES string of the molecule is Clc1ccc(-c2nnc(-c3ccccn3)n2-c2ccc(Cl)cc2)cc1. The van der Waals surface area contributed by atoms with E-state index in [4.69, 9.17) is 23.2 Å². The van der Waals surface area contributed by atoms with Crippen molar-refractivity contribution in [2.24, 2.45) is 0 Å². The van der Waals surface area contributed by atoms with Gasteiger partial charge in [-0.15, -0.1) is 10.2 Å². The summed E-state index contributed by atoms with van der Waals surface area (Å²) in [6, 6.07) is 20.7. The molecule has 4 nitrogen and oxygen atoms in total. The van der Waals surface area contributed by atoms with Crippen molar-refractivity contribution in [3.63, 3.8) is 0 Å². The van der Waals surface area contributed by atoms with Gasteiger partial charge >= 0.3 is 0 Å². The maximum Gasteiger partial charge on any atom is 0.187 e. The maximum atomic E-state index is 6.04. The summed E-state index contributed by atoms with van der Waals surface area (Å²) in [6.45, 7) is 0. The van der Waals surface area contributed by atoms with Crippen LogP contribution in [0, 0.1) is 0 Å². The van der Waals surface area contributed by atoms with Crippen LogP contribution in [0.5, 0.6) is 0 Å². The van der Waals surface area contributed by atoms with Crippen molar-refractivity contribution in [3.8, 4) is 28.6 Å².